The van der Waals surface area contributed by atoms with E-state index in [1.807, 2.05) is 0 Å². The van der Waals surface area contributed by atoms with Crippen molar-refractivity contribution >= 4 is 28.5 Å². The minimum atomic E-state index is -4.40. The molecule has 0 aliphatic carbocycles. The van der Waals surface area contributed by atoms with Gasteiger partial charge in [0.15, 0.2) is 0 Å². The molecule has 0 radical (unpaired) electrons. The first-order chi connectivity index (χ1) is 13.2. The van der Waals surface area contributed by atoms with Crippen molar-refractivity contribution in [2.75, 3.05) is 14.2 Å². The highest BCUT2D eigenvalue weighted by Crippen LogP contribution is 2.35. The quantitative estimate of drug-likeness (QED) is 0.549. The third-order valence-electron chi connectivity index (χ3n) is 4.25. The molecule has 28 heavy (non-hydrogen) atoms. The summed E-state index contributed by atoms with van der Waals surface area (Å²) in [5, 5.41) is 0.833. The average Bonchev–Trinajstić information content (AvgIpc) is 2.68. The standard InChI is InChI=1S/C20H15ClF3NO3/c1-27-18-15(9-11-3-6-13(7-4-11)20(22,23)24)17(21)14-10-12(19(26)28-2)5-8-16(14)25-18/h3-8,10H,9H2,1-2H3. The van der Waals surface area contributed by atoms with Crippen LogP contribution in [0.1, 0.15) is 27.0 Å². The third-order valence-corrected chi connectivity index (χ3v) is 4.69. The Bertz CT molecular complexity index is 1030. The smallest absolute Gasteiger partial charge is 0.416 e. The molecule has 0 bridgehead atoms. The highest BCUT2D eigenvalue weighted by Gasteiger charge is 2.30. The SMILES string of the molecule is COC(=O)c1ccc2nc(OC)c(Cc3ccc(C(F)(F)F)cc3)c(Cl)c2c1. The molecule has 4 nitrogen and oxygen atoms in total. The van der Waals surface area contributed by atoms with Gasteiger partial charge in [-0.25, -0.2) is 9.78 Å². The summed E-state index contributed by atoms with van der Waals surface area (Å²) >= 11 is 6.55. The molecule has 0 aliphatic rings. The molecule has 0 saturated heterocycles. The van der Waals surface area contributed by atoms with Crippen molar-refractivity contribution in [3.63, 3.8) is 0 Å². The molecule has 1 aromatic heterocycles. The van der Waals surface area contributed by atoms with Crippen LogP contribution in [0.15, 0.2) is 42.5 Å². The molecule has 0 aliphatic heterocycles. The number of ether oxygens (including phenoxy) is 2. The maximum absolute atomic E-state index is 12.7. The van der Waals surface area contributed by atoms with Crippen LogP contribution in [-0.2, 0) is 17.3 Å². The van der Waals surface area contributed by atoms with Gasteiger partial charge in [0.2, 0.25) is 5.88 Å². The van der Waals surface area contributed by atoms with E-state index in [-0.39, 0.29) is 12.3 Å². The van der Waals surface area contributed by atoms with Gasteiger partial charge in [-0.2, -0.15) is 13.2 Å². The largest absolute Gasteiger partial charge is 0.481 e. The van der Waals surface area contributed by atoms with E-state index in [1.165, 1.54) is 26.4 Å². The molecule has 1 heterocycles. The normalized spacial score (nSPS) is 11.5. The molecule has 0 N–H and O–H groups in total. The molecular weight excluding hydrogens is 395 g/mol. The number of alkyl halides is 3. The fraction of sp³-hybridized carbons (Fsp3) is 0.200. The van der Waals surface area contributed by atoms with Gasteiger partial charge in [-0.3, -0.25) is 0 Å². The second-order valence-electron chi connectivity index (χ2n) is 6.01. The Kier molecular flexibility index (Phi) is 5.47. The van der Waals surface area contributed by atoms with Crippen molar-refractivity contribution in [1.82, 2.24) is 4.98 Å². The minimum Gasteiger partial charge on any atom is -0.481 e. The number of carbonyl (C=O) groups is 1. The second-order valence-corrected chi connectivity index (χ2v) is 6.39. The summed E-state index contributed by atoms with van der Waals surface area (Å²) in [6.07, 6.45) is -4.19. The molecule has 146 valence electrons. The number of rotatable bonds is 4. The monoisotopic (exact) mass is 409 g/mol. The number of carbonyl (C=O) groups excluding carboxylic acids is 1. The van der Waals surface area contributed by atoms with Gasteiger partial charge < -0.3 is 9.47 Å². The minimum absolute atomic E-state index is 0.214. The van der Waals surface area contributed by atoms with Gasteiger partial charge in [-0.15, -0.1) is 0 Å². The van der Waals surface area contributed by atoms with Crippen molar-refractivity contribution < 1.29 is 27.4 Å². The Morgan fingerprint density at radius 3 is 2.36 bits per heavy atom. The molecule has 0 atom stereocenters. The topological polar surface area (TPSA) is 48.4 Å². The number of nitrogens with zero attached hydrogens (tertiary/aromatic N) is 1. The lowest BCUT2D eigenvalue weighted by Crippen LogP contribution is -2.05. The number of pyridine rings is 1. The van der Waals surface area contributed by atoms with E-state index in [2.05, 4.69) is 4.98 Å². The maximum Gasteiger partial charge on any atom is 0.416 e. The van der Waals surface area contributed by atoms with E-state index in [0.29, 0.717) is 32.6 Å². The van der Waals surface area contributed by atoms with Crippen LogP contribution in [0.5, 0.6) is 5.88 Å². The van der Waals surface area contributed by atoms with E-state index in [4.69, 9.17) is 21.1 Å². The molecule has 3 aromatic rings. The highest BCUT2D eigenvalue weighted by atomic mass is 35.5. The molecule has 8 heteroatoms. The summed E-state index contributed by atoms with van der Waals surface area (Å²) in [5.74, 6) is -0.249. The zero-order chi connectivity index (χ0) is 20.5. The Labute approximate surface area is 163 Å². The molecule has 0 saturated carbocycles. The van der Waals surface area contributed by atoms with Crippen molar-refractivity contribution in [3.05, 3.63) is 69.7 Å². The fourth-order valence-electron chi connectivity index (χ4n) is 2.83. The predicted octanol–water partition coefficient (Wildman–Crippen LogP) is 5.29. The van der Waals surface area contributed by atoms with Crippen LogP contribution in [0.2, 0.25) is 5.02 Å². The maximum atomic E-state index is 12.7. The van der Waals surface area contributed by atoms with Crippen LogP contribution in [-0.4, -0.2) is 25.2 Å². The molecular formula is C20H15ClF3NO3. The van der Waals surface area contributed by atoms with E-state index in [9.17, 15) is 18.0 Å². The lowest BCUT2D eigenvalue weighted by atomic mass is 10.0. The number of esters is 1. The van der Waals surface area contributed by atoms with E-state index in [0.717, 1.165) is 12.1 Å². The predicted molar refractivity (Wildman–Crippen MR) is 98.9 cm³/mol. The van der Waals surface area contributed by atoms with Crippen molar-refractivity contribution in [3.8, 4) is 5.88 Å². The highest BCUT2D eigenvalue weighted by molar-refractivity contribution is 6.36. The first kappa shape index (κ1) is 19.9. The first-order valence-corrected chi connectivity index (χ1v) is 8.53. The van der Waals surface area contributed by atoms with Crippen molar-refractivity contribution in [2.45, 2.75) is 12.6 Å². The Hall–Kier alpha value is -2.80. The van der Waals surface area contributed by atoms with Crippen LogP contribution >= 0.6 is 11.6 Å². The summed E-state index contributed by atoms with van der Waals surface area (Å²) in [6, 6.07) is 9.54. The molecule has 2 aromatic carbocycles. The number of halogens is 4. The number of aromatic nitrogens is 1. The zero-order valence-corrected chi connectivity index (χ0v) is 15.7. The third kappa shape index (κ3) is 3.89. The van der Waals surface area contributed by atoms with Crippen LogP contribution in [0.3, 0.4) is 0 Å². The average molecular weight is 410 g/mol. The van der Waals surface area contributed by atoms with Gasteiger partial charge >= 0.3 is 12.1 Å². The Morgan fingerprint density at radius 1 is 1.11 bits per heavy atom. The van der Waals surface area contributed by atoms with E-state index >= 15 is 0 Å². The van der Waals surface area contributed by atoms with Gasteiger partial charge in [-0.05, 0) is 35.9 Å². The fourth-order valence-corrected chi connectivity index (χ4v) is 3.12. The lowest BCUT2D eigenvalue weighted by Gasteiger charge is -2.14. The zero-order valence-electron chi connectivity index (χ0n) is 14.9. The summed E-state index contributed by atoms with van der Waals surface area (Å²) in [4.78, 5) is 16.2. The van der Waals surface area contributed by atoms with E-state index in [1.54, 1.807) is 18.2 Å². The molecule has 3 rings (SSSR count). The Morgan fingerprint density at radius 2 is 1.79 bits per heavy atom. The first-order valence-electron chi connectivity index (χ1n) is 8.15. The van der Waals surface area contributed by atoms with Gasteiger partial charge in [0.1, 0.15) is 0 Å². The van der Waals surface area contributed by atoms with Crippen LogP contribution in [0.4, 0.5) is 13.2 Å². The summed E-state index contributed by atoms with van der Waals surface area (Å²) in [6.45, 7) is 0. The molecule has 0 spiro atoms. The van der Waals surface area contributed by atoms with Crippen LogP contribution < -0.4 is 4.74 Å². The van der Waals surface area contributed by atoms with E-state index < -0.39 is 17.7 Å². The summed E-state index contributed by atoms with van der Waals surface area (Å²) < 4.78 is 48.3. The Balaban J connectivity index is 2.06. The second kappa shape index (κ2) is 7.67. The van der Waals surface area contributed by atoms with Crippen molar-refractivity contribution in [2.24, 2.45) is 0 Å². The number of hydrogen-bond donors (Lipinski definition) is 0. The number of fused-ring (bicyclic) bond motifs is 1. The number of methoxy groups -OCH3 is 2. The number of hydrogen-bond acceptors (Lipinski definition) is 4. The van der Waals surface area contributed by atoms with Gasteiger partial charge in [0.05, 0.1) is 35.9 Å². The molecule has 0 unspecified atom stereocenters. The van der Waals surface area contributed by atoms with Gasteiger partial charge in [0, 0.05) is 17.4 Å². The molecule has 0 amide bonds. The van der Waals surface area contributed by atoms with Gasteiger partial charge in [-0.1, -0.05) is 23.7 Å². The summed E-state index contributed by atoms with van der Waals surface area (Å²) in [5.41, 5.74) is 1.22. The number of benzene rings is 2. The summed E-state index contributed by atoms with van der Waals surface area (Å²) in [7, 11) is 2.71. The van der Waals surface area contributed by atoms with Gasteiger partial charge in [0.25, 0.3) is 0 Å². The van der Waals surface area contributed by atoms with Crippen LogP contribution in [0.25, 0.3) is 10.9 Å². The van der Waals surface area contributed by atoms with Crippen LogP contribution in [0, 0.1) is 0 Å². The molecule has 0 fully saturated rings. The lowest BCUT2D eigenvalue weighted by molar-refractivity contribution is -0.137. The van der Waals surface area contributed by atoms with Crippen molar-refractivity contribution in [1.29, 1.82) is 0 Å².